The van der Waals surface area contributed by atoms with E-state index in [0.717, 1.165) is 11.6 Å². The lowest BCUT2D eigenvalue weighted by molar-refractivity contribution is 0.257. The second-order valence-electron chi connectivity index (χ2n) is 2.71. The van der Waals surface area contributed by atoms with Crippen molar-refractivity contribution < 1.29 is 0 Å². The molecule has 0 N–H and O–H groups in total. The van der Waals surface area contributed by atoms with Crippen molar-refractivity contribution in [1.82, 2.24) is 14.7 Å². The van der Waals surface area contributed by atoms with Crippen LogP contribution in [0.15, 0.2) is 23.9 Å². The molecular weight excluding hydrogens is 170 g/mol. The van der Waals surface area contributed by atoms with Crippen LogP contribution in [0.5, 0.6) is 0 Å². The largest absolute Gasteiger partial charge is 0.348 e. The molecule has 3 nitrogen and oxygen atoms in total. The van der Waals surface area contributed by atoms with Gasteiger partial charge in [0.2, 0.25) is 0 Å². The second kappa shape index (κ2) is 2.73. The predicted molar refractivity (Wildman–Crippen MR) is 53.9 cm³/mol. The summed E-state index contributed by atoms with van der Waals surface area (Å²) >= 11 is 4.20. The summed E-state index contributed by atoms with van der Waals surface area (Å²) in [5.41, 5.74) is 1.19. The Kier molecular flexibility index (Phi) is 1.71. The Morgan fingerprint density at radius 3 is 3.17 bits per heavy atom. The maximum Gasteiger partial charge on any atom is 0.348 e. The van der Waals surface area contributed by atoms with Gasteiger partial charge in [0.25, 0.3) is 0 Å². The molecule has 0 spiro atoms. The van der Waals surface area contributed by atoms with Gasteiger partial charge in [0, 0.05) is 11.8 Å². The van der Waals surface area contributed by atoms with Crippen molar-refractivity contribution in [2.24, 2.45) is 0 Å². The van der Waals surface area contributed by atoms with Gasteiger partial charge in [-0.05, 0) is 11.6 Å². The van der Waals surface area contributed by atoms with Gasteiger partial charge in [-0.1, -0.05) is 0 Å². The molecule has 0 saturated carbocycles. The molecule has 12 heavy (non-hydrogen) atoms. The number of rotatable bonds is 1. The first-order valence-electron chi connectivity index (χ1n) is 3.74. The number of hydrazine groups is 1. The molecule has 0 aromatic heterocycles. The summed E-state index contributed by atoms with van der Waals surface area (Å²) in [6.07, 6.45) is 7.86. The predicted octanol–water partition coefficient (Wildman–Crippen LogP) is 0.0263. The highest BCUT2D eigenvalue weighted by Gasteiger charge is 2.28. The Labute approximate surface area is 76.8 Å². The van der Waals surface area contributed by atoms with E-state index in [-0.39, 0.29) is 0 Å². The van der Waals surface area contributed by atoms with Crippen molar-refractivity contribution >= 4 is 24.8 Å². The molecule has 0 aromatic carbocycles. The van der Waals surface area contributed by atoms with Crippen LogP contribution in [0.2, 0.25) is 0 Å². The number of hydrogen-bond acceptors (Lipinski definition) is 3. The van der Waals surface area contributed by atoms with Crippen LogP contribution in [-0.2, 0) is 0 Å². The van der Waals surface area contributed by atoms with Crippen LogP contribution in [0.25, 0.3) is 0 Å². The summed E-state index contributed by atoms with van der Waals surface area (Å²) in [6.45, 7) is 0. The summed E-state index contributed by atoms with van der Waals surface area (Å²) < 4.78 is 4.22. The van der Waals surface area contributed by atoms with E-state index in [0.29, 0.717) is 0 Å². The molecule has 0 saturated heterocycles. The fourth-order valence-corrected chi connectivity index (χ4v) is 1.38. The SMILES string of the molecule is CN1C=[N+]=C2C=C(CS)C=CN21. The molecule has 0 amide bonds. The molecule has 2 aliphatic rings. The smallest absolute Gasteiger partial charge is 0.232 e. The van der Waals surface area contributed by atoms with Gasteiger partial charge in [0.15, 0.2) is 0 Å². The molecule has 2 aliphatic heterocycles. The Morgan fingerprint density at radius 2 is 2.42 bits per heavy atom. The van der Waals surface area contributed by atoms with Gasteiger partial charge in [-0.25, -0.2) is 4.67 Å². The molecule has 0 atom stereocenters. The topological polar surface area (TPSA) is 20.6 Å². The van der Waals surface area contributed by atoms with Gasteiger partial charge < -0.3 is 0 Å². The maximum absolute atomic E-state index is 4.22. The third-order valence-electron chi connectivity index (χ3n) is 1.86. The Hall–Kier alpha value is -1.12. The lowest BCUT2D eigenvalue weighted by Crippen LogP contribution is -2.35. The van der Waals surface area contributed by atoms with Crippen LogP contribution < -0.4 is 4.67 Å². The number of allylic oxidation sites excluding steroid dienone is 1. The van der Waals surface area contributed by atoms with Gasteiger partial charge in [-0.15, -0.1) is 10.0 Å². The van der Waals surface area contributed by atoms with Crippen LogP contribution in [0.4, 0.5) is 0 Å². The molecule has 2 rings (SSSR count). The molecule has 0 bridgehead atoms. The molecular formula is C8H10N3S+. The van der Waals surface area contributed by atoms with E-state index in [1.807, 2.05) is 35.4 Å². The lowest BCUT2D eigenvalue weighted by atomic mass is 10.2. The van der Waals surface area contributed by atoms with E-state index in [1.165, 1.54) is 5.57 Å². The number of fused-ring (bicyclic) bond motifs is 1. The molecule has 0 radical (unpaired) electrons. The maximum atomic E-state index is 4.22. The van der Waals surface area contributed by atoms with Crippen molar-refractivity contribution in [1.29, 1.82) is 0 Å². The minimum Gasteiger partial charge on any atom is -0.232 e. The van der Waals surface area contributed by atoms with Crippen molar-refractivity contribution in [2.75, 3.05) is 12.8 Å². The Morgan fingerprint density at radius 1 is 1.58 bits per heavy atom. The van der Waals surface area contributed by atoms with E-state index < -0.39 is 0 Å². The fourth-order valence-electron chi connectivity index (χ4n) is 1.18. The van der Waals surface area contributed by atoms with E-state index in [2.05, 4.69) is 17.3 Å². The average molecular weight is 180 g/mol. The standard InChI is InChI=1S/C8H9N3S/c1-10-6-9-8-4-7(5-12)2-3-11(8)10/h2-4,6H,5H2,1H3/p+1. The summed E-state index contributed by atoms with van der Waals surface area (Å²) in [5.74, 6) is 1.72. The Balaban J connectivity index is 2.30. The first kappa shape index (κ1) is 7.53. The minimum atomic E-state index is 0.757. The highest BCUT2D eigenvalue weighted by molar-refractivity contribution is 7.80. The highest BCUT2D eigenvalue weighted by atomic mass is 32.1. The second-order valence-corrected chi connectivity index (χ2v) is 3.03. The van der Waals surface area contributed by atoms with E-state index in [9.17, 15) is 0 Å². The van der Waals surface area contributed by atoms with Crippen LogP contribution >= 0.6 is 12.6 Å². The fraction of sp³-hybridized carbons (Fsp3) is 0.250. The van der Waals surface area contributed by atoms with E-state index in [4.69, 9.17) is 0 Å². The van der Waals surface area contributed by atoms with Crippen molar-refractivity contribution in [3.8, 4) is 0 Å². The van der Waals surface area contributed by atoms with Gasteiger partial charge in [0.05, 0.1) is 7.05 Å². The van der Waals surface area contributed by atoms with E-state index >= 15 is 0 Å². The monoisotopic (exact) mass is 180 g/mol. The summed E-state index contributed by atoms with van der Waals surface area (Å²) in [7, 11) is 1.96. The minimum absolute atomic E-state index is 0.757. The normalized spacial score (nSPS) is 19.5. The molecule has 0 aliphatic carbocycles. The first-order chi connectivity index (χ1) is 5.81. The van der Waals surface area contributed by atoms with Gasteiger partial charge in [-0.3, -0.25) is 0 Å². The van der Waals surface area contributed by atoms with Crippen molar-refractivity contribution in [2.45, 2.75) is 0 Å². The molecule has 0 fully saturated rings. The van der Waals surface area contributed by atoms with Crippen LogP contribution in [0, 0.1) is 0 Å². The summed E-state index contributed by atoms with van der Waals surface area (Å²) in [4.78, 5) is 0. The first-order valence-corrected chi connectivity index (χ1v) is 4.37. The van der Waals surface area contributed by atoms with Crippen molar-refractivity contribution in [3.05, 3.63) is 23.9 Å². The summed E-state index contributed by atoms with van der Waals surface area (Å²) in [5, 5.41) is 3.91. The highest BCUT2D eigenvalue weighted by Crippen LogP contribution is 2.11. The van der Waals surface area contributed by atoms with E-state index in [1.54, 1.807) is 6.34 Å². The van der Waals surface area contributed by atoms with Gasteiger partial charge in [-0.2, -0.15) is 12.6 Å². The summed E-state index contributed by atoms with van der Waals surface area (Å²) in [6, 6.07) is 0. The lowest BCUT2D eigenvalue weighted by Gasteiger charge is -2.14. The third kappa shape index (κ3) is 1.05. The zero-order valence-electron chi connectivity index (χ0n) is 6.81. The van der Waals surface area contributed by atoms with Gasteiger partial charge >= 0.3 is 12.2 Å². The molecule has 0 unspecified atom stereocenters. The van der Waals surface area contributed by atoms with Crippen LogP contribution in [-0.4, -0.2) is 35.0 Å². The third-order valence-corrected chi connectivity index (χ3v) is 2.22. The number of nitrogens with zero attached hydrogens (tertiary/aromatic N) is 3. The Bertz CT molecular complexity index is 323. The number of amidine groups is 1. The quantitative estimate of drug-likeness (QED) is 0.454. The number of thiol groups is 1. The number of hydrogen-bond donors (Lipinski definition) is 1. The van der Waals surface area contributed by atoms with Crippen LogP contribution in [0.3, 0.4) is 0 Å². The van der Waals surface area contributed by atoms with Crippen LogP contribution in [0.1, 0.15) is 0 Å². The molecule has 2 heterocycles. The molecule has 62 valence electrons. The average Bonchev–Trinajstić information content (AvgIpc) is 2.47. The zero-order valence-corrected chi connectivity index (χ0v) is 7.70. The molecule has 4 heteroatoms. The van der Waals surface area contributed by atoms with Crippen molar-refractivity contribution in [3.63, 3.8) is 0 Å². The molecule has 0 aromatic rings. The van der Waals surface area contributed by atoms with Gasteiger partial charge in [0.1, 0.15) is 6.20 Å². The zero-order chi connectivity index (χ0) is 8.55.